The largest absolute Gasteiger partial charge is 0.291 e. The summed E-state index contributed by atoms with van der Waals surface area (Å²) >= 11 is 0. The van der Waals surface area contributed by atoms with Crippen molar-refractivity contribution in [2.45, 2.75) is 17.7 Å². The first-order valence-electron chi connectivity index (χ1n) is 12.0. The molecule has 192 valence electrons. The Kier molecular flexibility index (Phi) is 5.81. The Bertz CT molecular complexity index is 1670. The highest BCUT2D eigenvalue weighted by molar-refractivity contribution is 7.89. The zero-order chi connectivity index (χ0) is 26.5. The van der Waals surface area contributed by atoms with Crippen molar-refractivity contribution in [3.63, 3.8) is 0 Å². The van der Waals surface area contributed by atoms with Gasteiger partial charge in [0.1, 0.15) is 17.3 Å². The summed E-state index contributed by atoms with van der Waals surface area (Å²) in [6.45, 7) is 0.0674. The Balaban J connectivity index is 1.45. The summed E-state index contributed by atoms with van der Waals surface area (Å²) in [6, 6.07) is 15.7. The number of pyridine rings is 1. The summed E-state index contributed by atoms with van der Waals surface area (Å²) in [5.74, 6) is -1.17. The van der Waals surface area contributed by atoms with Gasteiger partial charge in [-0.1, -0.05) is 11.6 Å². The third-order valence-corrected chi connectivity index (χ3v) is 9.10. The second-order valence-electron chi connectivity index (χ2n) is 9.46. The van der Waals surface area contributed by atoms with Gasteiger partial charge in [-0.2, -0.15) is 9.40 Å². The highest BCUT2D eigenvalue weighted by Gasteiger charge is 2.51. The molecule has 7 nitrogen and oxygen atoms in total. The molecule has 2 aromatic carbocycles. The van der Waals surface area contributed by atoms with Crippen LogP contribution in [0.15, 0.2) is 89.6 Å². The molecule has 6 rings (SSSR count). The third-order valence-electron chi connectivity index (χ3n) is 7.24. The Morgan fingerprint density at radius 1 is 0.947 bits per heavy atom. The summed E-state index contributed by atoms with van der Waals surface area (Å²) in [6.07, 6.45) is 5.63. The summed E-state index contributed by atoms with van der Waals surface area (Å²) in [5.41, 5.74) is 2.05. The van der Waals surface area contributed by atoms with Crippen LogP contribution in [0, 0.1) is 17.0 Å². The van der Waals surface area contributed by atoms with Gasteiger partial charge in [-0.25, -0.2) is 21.9 Å². The maximum atomic E-state index is 14.1. The van der Waals surface area contributed by atoms with Crippen molar-refractivity contribution in [1.29, 1.82) is 0 Å². The van der Waals surface area contributed by atoms with Crippen LogP contribution in [-0.2, 0) is 16.4 Å². The predicted octanol–water partition coefficient (Wildman–Crippen LogP) is 4.45. The van der Waals surface area contributed by atoms with E-state index in [2.05, 4.69) is 10.1 Å². The van der Waals surface area contributed by atoms with Crippen LogP contribution in [-0.4, -0.2) is 46.4 Å². The van der Waals surface area contributed by atoms with E-state index in [1.807, 2.05) is 6.08 Å². The number of rotatable bonds is 5. The molecule has 1 unspecified atom stereocenters. The molecular weight excluding hydrogens is 510 g/mol. The molecule has 4 aromatic rings. The molecular formula is C28H22F2N4O3S. The number of Topliss-reactive ketones (excluding diaryl/α,β-unsaturated/α-hetero) is 1. The van der Waals surface area contributed by atoms with E-state index in [9.17, 15) is 22.0 Å². The lowest BCUT2D eigenvalue weighted by atomic mass is 9.65. The lowest BCUT2D eigenvalue weighted by Crippen LogP contribution is -2.53. The minimum atomic E-state index is -3.99. The molecule has 0 spiro atoms. The molecule has 0 amide bonds. The number of carbonyl (C=O) groups is 1. The normalized spacial score (nSPS) is 19.4. The zero-order valence-electron chi connectivity index (χ0n) is 20.1. The zero-order valence-corrected chi connectivity index (χ0v) is 20.9. The number of ketones is 1. The molecule has 3 heterocycles. The van der Waals surface area contributed by atoms with Gasteiger partial charge in [0.2, 0.25) is 10.0 Å². The van der Waals surface area contributed by atoms with E-state index >= 15 is 0 Å². The first-order valence-corrected chi connectivity index (χ1v) is 13.5. The van der Waals surface area contributed by atoms with E-state index in [4.69, 9.17) is 0 Å². The van der Waals surface area contributed by atoms with Crippen LogP contribution in [0.4, 0.5) is 8.78 Å². The minimum Gasteiger partial charge on any atom is -0.291 e. The van der Waals surface area contributed by atoms with E-state index in [-0.39, 0.29) is 41.7 Å². The number of carbonyl (C=O) groups excluding carboxylic acids is 1. The van der Waals surface area contributed by atoms with Crippen LogP contribution in [0.2, 0.25) is 0 Å². The molecule has 1 aliphatic heterocycles. The Morgan fingerprint density at radius 2 is 1.66 bits per heavy atom. The molecule has 0 saturated carbocycles. The molecule has 1 aliphatic carbocycles. The van der Waals surface area contributed by atoms with E-state index in [1.54, 1.807) is 41.2 Å². The predicted molar refractivity (Wildman–Crippen MR) is 136 cm³/mol. The molecule has 0 N–H and O–H groups in total. The number of nitrogens with zero attached hydrogens (tertiary/aromatic N) is 4. The van der Waals surface area contributed by atoms with Gasteiger partial charge >= 0.3 is 0 Å². The quantitative estimate of drug-likeness (QED) is 0.355. The second-order valence-corrected chi connectivity index (χ2v) is 11.4. The first-order chi connectivity index (χ1) is 18.3. The van der Waals surface area contributed by atoms with Gasteiger partial charge in [0.05, 0.1) is 27.9 Å². The maximum Gasteiger partial charge on any atom is 0.243 e. The standard InChI is InChI=1S/C28H22F2N4O3S/c29-21-4-8-23(9-5-21)34-26-15-20-12-14-33(38(36,37)24-10-6-22(30)7-11-24)18-28(20,16-19(26)17-32-34)27(35)25-3-1-2-13-31-25/h1-11,13,15,17H,12,14,16,18H2. The number of fused-ring (bicyclic) bond motifs is 2. The average Bonchev–Trinajstić information content (AvgIpc) is 3.34. The smallest absolute Gasteiger partial charge is 0.243 e. The molecule has 0 bridgehead atoms. The summed E-state index contributed by atoms with van der Waals surface area (Å²) in [4.78, 5) is 18.3. The number of hydrogen-bond donors (Lipinski definition) is 0. The molecule has 1 fully saturated rings. The Hall–Kier alpha value is -4.02. The first kappa shape index (κ1) is 24.3. The highest BCUT2D eigenvalue weighted by Crippen LogP contribution is 2.47. The van der Waals surface area contributed by atoms with Crippen molar-refractivity contribution in [3.8, 4) is 5.69 Å². The Labute approximate surface area is 218 Å². The minimum absolute atomic E-state index is 0.0348. The van der Waals surface area contributed by atoms with Crippen LogP contribution >= 0.6 is 0 Å². The number of hydrogen-bond acceptors (Lipinski definition) is 5. The van der Waals surface area contributed by atoms with Gasteiger partial charge in [-0.05, 0) is 85.1 Å². The van der Waals surface area contributed by atoms with Gasteiger partial charge in [-0.3, -0.25) is 9.78 Å². The van der Waals surface area contributed by atoms with Crippen LogP contribution < -0.4 is 0 Å². The summed E-state index contributed by atoms with van der Waals surface area (Å²) in [5, 5.41) is 4.50. The van der Waals surface area contributed by atoms with Gasteiger partial charge in [0, 0.05) is 19.3 Å². The van der Waals surface area contributed by atoms with Crippen LogP contribution in [0.5, 0.6) is 0 Å². The van der Waals surface area contributed by atoms with E-state index in [0.717, 1.165) is 29.0 Å². The average molecular weight is 533 g/mol. The number of piperidine rings is 1. The van der Waals surface area contributed by atoms with E-state index < -0.39 is 21.3 Å². The fourth-order valence-corrected chi connectivity index (χ4v) is 6.81. The van der Waals surface area contributed by atoms with E-state index in [1.165, 1.54) is 34.8 Å². The topological polar surface area (TPSA) is 85.2 Å². The van der Waals surface area contributed by atoms with Crippen molar-refractivity contribution in [2.24, 2.45) is 5.41 Å². The van der Waals surface area contributed by atoms with Gasteiger partial charge < -0.3 is 0 Å². The maximum absolute atomic E-state index is 14.1. The van der Waals surface area contributed by atoms with Crippen LogP contribution in [0.3, 0.4) is 0 Å². The number of aromatic nitrogens is 3. The molecule has 0 radical (unpaired) electrons. The van der Waals surface area contributed by atoms with E-state index in [0.29, 0.717) is 12.1 Å². The molecule has 2 aliphatic rings. The summed E-state index contributed by atoms with van der Waals surface area (Å²) in [7, 11) is -3.99. The number of benzene rings is 2. The van der Waals surface area contributed by atoms with Crippen molar-refractivity contribution in [1.82, 2.24) is 19.1 Å². The number of sulfonamides is 1. The molecule has 38 heavy (non-hydrogen) atoms. The lowest BCUT2D eigenvalue weighted by Gasteiger charge is -2.44. The van der Waals surface area contributed by atoms with Gasteiger partial charge in [-0.15, -0.1) is 0 Å². The molecule has 1 atom stereocenters. The lowest BCUT2D eigenvalue weighted by molar-refractivity contribution is 0.0770. The van der Waals surface area contributed by atoms with Gasteiger partial charge in [0.25, 0.3) is 0 Å². The van der Waals surface area contributed by atoms with Crippen molar-refractivity contribution >= 4 is 21.9 Å². The Morgan fingerprint density at radius 3 is 2.34 bits per heavy atom. The van der Waals surface area contributed by atoms with Crippen molar-refractivity contribution < 1.29 is 22.0 Å². The van der Waals surface area contributed by atoms with Crippen LogP contribution in [0.25, 0.3) is 11.8 Å². The van der Waals surface area contributed by atoms with Crippen LogP contribution in [0.1, 0.15) is 28.2 Å². The van der Waals surface area contributed by atoms with Crippen molar-refractivity contribution in [2.75, 3.05) is 13.1 Å². The monoisotopic (exact) mass is 532 g/mol. The fourth-order valence-electron chi connectivity index (χ4n) is 5.31. The summed E-state index contributed by atoms with van der Waals surface area (Å²) < 4.78 is 57.1. The highest BCUT2D eigenvalue weighted by atomic mass is 32.2. The van der Waals surface area contributed by atoms with Crippen molar-refractivity contribution in [3.05, 3.63) is 113 Å². The second kappa shape index (κ2) is 9.07. The molecule has 2 aromatic heterocycles. The van der Waals surface area contributed by atoms with Gasteiger partial charge in [0.15, 0.2) is 5.78 Å². The number of halogens is 2. The molecule has 10 heteroatoms. The third kappa shape index (κ3) is 3.97. The fraction of sp³-hybridized carbons (Fsp3) is 0.179. The SMILES string of the molecule is O=C(c1ccccn1)C12Cc3cnn(-c4ccc(F)cc4)c3C=C1CCN(S(=O)(=O)c1ccc(F)cc1)C2. The molecule has 1 saturated heterocycles.